The Morgan fingerprint density at radius 2 is 1.93 bits per heavy atom. The molecule has 0 radical (unpaired) electrons. The Kier molecular flexibility index (Phi) is 8.54. The molecule has 0 heterocycles. The molecule has 2 amide bonds. The van der Waals surface area contributed by atoms with Crippen molar-refractivity contribution in [2.75, 3.05) is 26.1 Å². The Morgan fingerprint density at radius 1 is 1.17 bits per heavy atom. The van der Waals surface area contributed by atoms with Crippen LogP contribution < -0.4 is 20.1 Å². The normalized spacial score (nSPS) is 10.7. The second-order valence-corrected chi connectivity index (χ2v) is 7.44. The zero-order valence-corrected chi connectivity index (χ0v) is 18.7. The first kappa shape index (κ1) is 22.8. The largest absolute Gasteiger partial charge is 0.493 e. The first-order chi connectivity index (χ1) is 13.8. The van der Waals surface area contributed by atoms with Gasteiger partial charge in [-0.05, 0) is 48.4 Å². The van der Waals surface area contributed by atoms with Gasteiger partial charge in [-0.25, -0.2) is 0 Å². The van der Waals surface area contributed by atoms with Crippen molar-refractivity contribution in [1.29, 1.82) is 0 Å². The van der Waals surface area contributed by atoms with Crippen LogP contribution in [0.2, 0.25) is 5.02 Å². The van der Waals surface area contributed by atoms with Crippen molar-refractivity contribution < 1.29 is 19.1 Å². The van der Waals surface area contributed by atoms with Crippen LogP contribution in [0.4, 0.5) is 5.69 Å². The summed E-state index contributed by atoms with van der Waals surface area (Å²) in [5.41, 5.74) is 2.38. The van der Waals surface area contributed by atoms with Gasteiger partial charge in [0.1, 0.15) is 0 Å². The van der Waals surface area contributed by atoms with E-state index >= 15 is 0 Å². The van der Waals surface area contributed by atoms with Crippen molar-refractivity contribution in [2.24, 2.45) is 0 Å². The number of nitrogens with one attached hydrogen (secondary N) is 2. The molecule has 2 aromatic rings. The lowest BCUT2D eigenvalue weighted by atomic mass is 10.2. The molecule has 2 rings (SSSR count). The zero-order valence-electron chi connectivity index (χ0n) is 16.3. The number of amides is 2. The van der Waals surface area contributed by atoms with E-state index < -0.39 is 0 Å². The Bertz CT molecular complexity index is 931. The maximum absolute atomic E-state index is 12.1. The fraction of sp³-hybridized carbons (Fsp3) is 0.238. The molecule has 29 heavy (non-hydrogen) atoms. The molecule has 8 heteroatoms. The monoisotopic (exact) mass is 480 g/mol. The molecule has 154 valence electrons. The number of rotatable bonds is 8. The molecule has 0 fully saturated rings. The number of benzene rings is 2. The average Bonchev–Trinajstić information content (AvgIpc) is 2.68. The molecular formula is C21H22BrClN2O4. The maximum atomic E-state index is 12.1. The molecule has 0 saturated carbocycles. The van der Waals surface area contributed by atoms with E-state index in [1.165, 1.54) is 20.3 Å². The number of anilines is 1. The van der Waals surface area contributed by atoms with Crippen LogP contribution in [0.25, 0.3) is 6.08 Å². The van der Waals surface area contributed by atoms with E-state index in [9.17, 15) is 9.59 Å². The van der Waals surface area contributed by atoms with E-state index in [4.69, 9.17) is 21.1 Å². The summed E-state index contributed by atoms with van der Waals surface area (Å²) in [5.74, 6) is 0.409. The van der Waals surface area contributed by atoms with Gasteiger partial charge >= 0.3 is 0 Å². The number of hydrogen-bond acceptors (Lipinski definition) is 4. The fourth-order valence-electron chi connectivity index (χ4n) is 2.51. The van der Waals surface area contributed by atoms with Gasteiger partial charge in [-0.2, -0.15) is 0 Å². The Hall–Kier alpha value is -2.51. The van der Waals surface area contributed by atoms with E-state index in [2.05, 4.69) is 26.6 Å². The SMILES string of the molecule is COc1cc(/C=C/C(=O)NCCC(=O)Nc2cc(Br)ccc2C)cc(Cl)c1OC. The van der Waals surface area contributed by atoms with Crippen LogP contribution in [0.3, 0.4) is 0 Å². The van der Waals surface area contributed by atoms with E-state index in [0.29, 0.717) is 22.1 Å². The third kappa shape index (κ3) is 6.80. The smallest absolute Gasteiger partial charge is 0.244 e. The van der Waals surface area contributed by atoms with Crippen molar-refractivity contribution in [1.82, 2.24) is 5.32 Å². The van der Waals surface area contributed by atoms with Crippen LogP contribution in [-0.2, 0) is 9.59 Å². The van der Waals surface area contributed by atoms with Crippen LogP contribution in [0.15, 0.2) is 40.9 Å². The van der Waals surface area contributed by atoms with Gasteiger partial charge < -0.3 is 20.1 Å². The summed E-state index contributed by atoms with van der Waals surface area (Å²) in [6.45, 7) is 2.13. The summed E-state index contributed by atoms with van der Waals surface area (Å²) in [4.78, 5) is 24.1. The molecule has 2 N–H and O–H groups in total. The predicted molar refractivity (Wildman–Crippen MR) is 119 cm³/mol. The highest BCUT2D eigenvalue weighted by Gasteiger charge is 2.10. The summed E-state index contributed by atoms with van der Waals surface area (Å²) >= 11 is 9.52. The summed E-state index contributed by atoms with van der Waals surface area (Å²) < 4.78 is 11.3. The van der Waals surface area contributed by atoms with Crippen LogP contribution in [0.5, 0.6) is 11.5 Å². The van der Waals surface area contributed by atoms with Crippen molar-refractivity contribution in [2.45, 2.75) is 13.3 Å². The Labute approximate surface area is 183 Å². The van der Waals surface area contributed by atoms with Gasteiger partial charge in [0.2, 0.25) is 11.8 Å². The molecule has 0 aliphatic heterocycles. The minimum atomic E-state index is -0.317. The molecule has 0 saturated heterocycles. The molecule has 0 atom stereocenters. The van der Waals surface area contributed by atoms with Gasteiger partial charge in [-0.3, -0.25) is 9.59 Å². The minimum Gasteiger partial charge on any atom is -0.493 e. The number of hydrogen-bond donors (Lipinski definition) is 2. The number of halogens is 2. The Balaban J connectivity index is 1.86. The number of aryl methyl sites for hydroxylation is 1. The lowest BCUT2D eigenvalue weighted by molar-refractivity contribution is -0.117. The van der Waals surface area contributed by atoms with Gasteiger partial charge in [0.05, 0.1) is 19.2 Å². The van der Waals surface area contributed by atoms with Gasteiger partial charge in [-0.1, -0.05) is 33.6 Å². The van der Waals surface area contributed by atoms with Gasteiger partial charge in [0.15, 0.2) is 11.5 Å². The Morgan fingerprint density at radius 3 is 2.62 bits per heavy atom. The summed E-state index contributed by atoms with van der Waals surface area (Å²) in [6.07, 6.45) is 3.13. The van der Waals surface area contributed by atoms with Crippen LogP contribution >= 0.6 is 27.5 Å². The third-order valence-corrected chi connectivity index (χ3v) is 4.78. The lowest BCUT2D eigenvalue weighted by Crippen LogP contribution is -2.26. The molecule has 0 aliphatic carbocycles. The molecule has 0 aromatic heterocycles. The molecule has 6 nitrogen and oxygen atoms in total. The van der Waals surface area contributed by atoms with E-state index in [1.54, 1.807) is 18.2 Å². The van der Waals surface area contributed by atoms with Crippen molar-refractivity contribution in [3.05, 3.63) is 57.0 Å². The topological polar surface area (TPSA) is 76.7 Å². The first-order valence-corrected chi connectivity index (χ1v) is 9.94. The average molecular weight is 482 g/mol. The molecular weight excluding hydrogens is 460 g/mol. The van der Waals surface area contributed by atoms with Crippen LogP contribution in [0, 0.1) is 6.92 Å². The summed E-state index contributed by atoms with van der Waals surface area (Å²) in [6, 6.07) is 9.03. The number of carbonyl (C=O) groups excluding carboxylic acids is 2. The summed E-state index contributed by atoms with van der Waals surface area (Å²) in [7, 11) is 3.01. The van der Waals surface area contributed by atoms with Gasteiger partial charge in [0.25, 0.3) is 0 Å². The first-order valence-electron chi connectivity index (χ1n) is 8.77. The van der Waals surface area contributed by atoms with Crippen LogP contribution in [-0.4, -0.2) is 32.6 Å². The van der Waals surface area contributed by atoms with E-state index in [1.807, 2.05) is 25.1 Å². The highest BCUT2D eigenvalue weighted by Crippen LogP contribution is 2.36. The molecule has 0 bridgehead atoms. The summed E-state index contributed by atoms with van der Waals surface area (Å²) in [5, 5.41) is 5.89. The van der Waals surface area contributed by atoms with E-state index in [0.717, 1.165) is 15.7 Å². The second-order valence-electron chi connectivity index (χ2n) is 6.12. The fourth-order valence-corrected chi connectivity index (χ4v) is 3.16. The predicted octanol–water partition coefficient (Wildman–Crippen LogP) is 4.59. The van der Waals surface area contributed by atoms with Gasteiger partial charge in [-0.15, -0.1) is 0 Å². The minimum absolute atomic E-state index is 0.160. The standard InChI is InChI=1S/C21H22BrClN2O4/c1-13-4-6-15(22)12-17(13)25-20(27)8-9-24-19(26)7-5-14-10-16(23)21(29-3)18(11-14)28-2/h4-7,10-12H,8-9H2,1-3H3,(H,24,26)(H,25,27)/b7-5+. The highest BCUT2D eigenvalue weighted by molar-refractivity contribution is 9.10. The third-order valence-electron chi connectivity index (χ3n) is 4.01. The van der Waals surface area contributed by atoms with Gasteiger partial charge in [0, 0.05) is 29.2 Å². The quantitative estimate of drug-likeness (QED) is 0.541. The number of ether oxygens (including phenoxy) is 2. The molecule has 0 unspecified atom stereocenters. The van der Waals surface area contributed by atoms with E-state index in [-0.39, 0.29) is 24.8 Å². The van der Waals surface area contributed by atoms with Crippen LogP contribution in [0.1, 0.15) is 17.5 Å². The molecule has 0 spiro atoms. The second kappa shape index (κ2) is 10.9. The van der Waals surface area contributed by atoms with Crippen molar-refractivity contribution in [3.8, 4) is 11.5 Å². The lowest BCUT2D eigenvalue weighted by Gasteiger charge is -2.10. The van der Waals surface area contributed by atoms with Crippen molar-refractivity contribution >= 4 is 51.1 Å². The molecule has 0 aliphatic rings. The highest BCUT2D eigenvalue weighted by atomic mass is 79.9. The molecule has 2 aromatic carbocycles. The maximum Gasteiger partial charge on any atom is 0.244 e. The number of carbonyl (C=O) groups is 2. The zero-order chi connectivity index (χ0) is 21.4. The number of methoxy groups -OCH3 is 2. The van der Waals surface area contributed by atoms with Crippen molar-refractivity contribution in [3.63, 3.8) is 0 Å².